The van der Waals surface area contributed by atoms with Gasteiger partial charge >= 0.3 is 0 Å². The Morgan fingerprint density at radius 2 is 2.05 bits per heavy atom. The minimum absolute atomic E-state index is 0.733. The zero-order chi connectivity index (χ0) is 13.5. The van der Waals surface area contributed by atoms with E-state index in [0.717, 1.165) is 26.2 Å². The highest BCUT2D eigenvalue weighted by molar-refractivity contribution is 14.1. The van der Waals surface area contributed by atoms with Crippen molar-refractivity contribution in [2.45, 2.75) is 13.1 Å². The van der Waals surface area contributed by atoms with E-state index < -0.39 is 0 Å². The normalized spacial score (nSPS) is 10.8. The van der Waals surface area contributed by atoms with Crippen LogP contribution in [-0.4, -0.2) is 30.0 Å². The van der Waals surface area contributed by atoms with Gasteiger partial charge in [0.15, 0.2) is 0 Å². The molecular weight excluding hydrogens is 353 g/mol. The van der Waals surface area contributed by atoms with E-state index in [4.69, 9.17) is 4.74 Å². The summed E-state index contributed by atoms with van der Waals surface area (Å²) in [6, 6.07) is 8.51. The first-order valence-corrected chi connectivity index (χ1v) is 7.31. The fourth-order valence-electron chi connectivity index (χ4n) is 1.77. The van der Waals surface area contributed by atoms with Crippen molar-refractivity contribution in [1.82, 2.24) is 15.1 Å². The molecule has 1 aromatic carbocycles. The second-order valence-corrected chi connectivity index (χ2v) is 5.59. The molecule has 0 spiro atoms. The fraction of sp³-hybridized carbons (Fsp3) is 0.357. The lowest BCUT2D eigenvalue weighted by molar-refractivity contribution is 0.199. The monoisotopic (exact) mass is 371 g/mol. The number of hydrogen-bond acceptors (Lipinski definition) is 3. The number of rotatable bonds is 7. The topological polar surface area (TPSA) is 39.1 Å². The van der Waals surface area contributed by atoms with Gasteiger partial charge < -0.3 is 10.1 Å². The molecule has 2 aromatic rings. The van der Waals surface area contributed by atoms with Crippen molar-refractivity contribution >= 4 is 22.6 Å². The van der Waals surface area contributed by atoms with E-state index >= 15 is 0 Å². The molecule has 19 heavy (non-hydrogen) atoms. The van der Waals surface area contributed by atoms with Crippen LogP contribution in [0.4, 0.5) is 0 Å². The standard InChI is InChI=1S/C14H18IN3O/c1-19-7-6-16-8-13-9-17-18(11-13)10-12-2-4-14(15)5-3-12/h2-5,9,11,16H,6-8,10H2,1H3. The summed E-state index contributed by atoms with van der Waals surface area (Å²) in [6.45, 7) is 3.24. The Balaban J connectivity index is 1.85. The van der Waals surface area contributed by atoms with Crippen molar-refractivity contribution in [2.75, 3.05) is 20.3 Å². The Labute approximate surface area is 127 Å². The Kier molecular flexibility index (Phi) is 5.81. The first-order valence-electron chi connectivity index (χ1n) is 6.23. The van der Waals surface area contributed by atoms with Crippen LogP contribution in [0.5, 0.6) is 0 Å². The van der Waals surface area contributed by atoms with Gasteiger partial charge in [-0.15, -0.1) is 0 Å². The smallest absolute Gasteiger partial charge is 0.0659 e. The Hall–Kier alpha value is -0.920. The Morgan fingerprint density at radius 1 is 1.26 bits per heavy atom. The van der Waals surface area contributed by atoms with Gasteiger partial charge in [-0.25, -0.2) is 0 Å². The molecule has 5 heteroatoms. The number of ether oxygens (including phenoxy) is 1. The van der Waals surface area contributed by atoms with E-state index in [0.29, 0.717) is 0 Å². The zero-order valence-electron chi connectivity index (χ0n) is 11.0. The number of methoxy groups -OCH3 is 1. The molecule has 2 rings (SSSR count). The highest BCUT2D eigenvalue weighted by Gasteiger charge is 2.00. The van der Waals surface area contributed by atoms with Crippen LogP contribution >= 0.6 is 22.6 Å². The predicted molar refractivity (Wildman–Crippen MR) is 84.1 cm³/mol. The molecule has 0 aliphatic carbocycles. The Bertz CT molecular complexity index is 496. The molecule has 0 aliphatic heterocycles. The van der Waals surface area contributed by atoms with E-state index in [1.807, 2.05) is 10.9 Å². The molecule has 0 aliphatic rings. The van der Waals surface area contributed by atoms with Crippen molar-refractivity contribution in [3.05, 3.63) is 51.4 Å². The van der Waals surface area contributed by atoms with Crippen molar-refractivity contribution in [3.63, 3.8) is 0 Å². The van der Waals surface area contributed by atoms with Gasteiger partial charge in [0.2, 0.25) is 0 Å². The second kappa shape index (κ2) is 7.62. The SMILES string of the molecule is COCCNCc1cnn(Cc2ccc(I)cc2)c1. The van der Waals surface area contributed by atoms with E-state index in [9.17, 15) is 0 Å². The summed E-state index contributed by atoms with van der Waals surface area (Å²) in [4.78, 5) is 0. The molecule has 0 saturated carbocycles. The summed E-state index contributed by atoms with van der Waals surface area (Å²) < 4.78 is 8.21. The maximum atomic E-state index is 4.99. The summed E-state index contributed by atoms with van der Waals surface area (Å²) in [6.07, 6.45) is 3.99. The van der Waals surface area contributed by atoms with Crippen LogP contribution in [0, 0.1) is 3.57 Å². The van der Waals surface area contributed by atoms with E-state index in [-0.39, 0.29) is 0 Å². The first kappa shape index (κ1) is 14.5. The molecule has 0 unspecified atom stereocenters. The van der Waals surface area contributed by atoms with Crippen molar-refractivity contribution < 1.29 is 4.74 Å². The Morgan fingerprint density at radius 3 is 2.79 bits per heavy atom. The van der Waals surface area contributed by atoms with Gasteiger partial charge in [0, 0.05) is 35.5 Å². The van der Waals surface area contributed by atoms with Crippen LogP contribution in [0.1, 0.15) is 11.1 Å². The van der Waals surface area contributed by atoms with Crippen molar-refractivity contribution in [3.8, 4) is 0 Å². The summed E-state index contributed by atoms with van der Waals surface area (Å²) in [5.74, 6) is 0. The maximum absolute atomic E-state index is 4.99. The van der Waals surface area contributed by atoms with Gasteiger partial charge in [0.25, 0.3) is 0 Å². The lowest BCUT2D eigenvalue weighted by atomic mass is 10.2. The van der Waals surface area contributed by atoms with Gasteiger partial charge in [-0.1, -0.05) is 12.1 Å². The van der Waals surface area contributed by atoms with Crippen LogP contribution in [0.2, 0.25) is 0 Å². The number of hydrogen-bond donors (Lipinski definition) is 1. The third kappa shape index (κ3) is 4.93. The number of halogens is 1. The predicted octanol–water partition coefficient (Wildman–Crippen LogP) is 2.27. The molecule has 1 N–H and O–H groups in total. The van der Waals surface area contributed by atoms with Crippen LogP contribution in [0.3, 0.4) is 0 Å². The van der Waals surface area contributed by atoms with Crippen LogP contribution in [-0.2, 0) is 17.8 Å². The third-order valence-electron chi connectivity index (χ3n) is 2.76. The first-order chi connectivity index (χ1) is 9.28. The quantitative estimate of drug-likeness (QED) is 0.600. The van der Waals surface area contributed by atoms with Gasteiger partial charge in [-0.05, 0) is 40.3 Å². The zero-order valence-corrected chi connectivity index (χ0v) is 13.1. The minimum atomic E-state index is 0.733. The van der Waals surface area contributed by atoms with Crippen molar-refractivity contribution in [1.29, 1.82) is 0 Å². The van der Waals surface area contributed by atoms with Crippen LogP contribution in [0.15, 0.2) is 36.7 Å². The van der Waals surface area contributed by atoms with Gasteiger partial charge in [-0.2, -0.15) is 5.10 Å². The number of nitrogens with zero attached hydrogens (tertiary/aromatic N) is 2. The molecule has 0 amide bonds. The van der Waals surface area contributed by atoms with Gasteiger partial charge in [0.05, 0.1) is 19.3 Å². The molecule has 4 nitrogen and oxygen atoms in total. The fourth-order valence-corrected chi connectivity index (χ4v) is 2.13. The van der Waals surface area contributed by atoms with Crippen LogP contribution in [0.25, 0.3) is 0 Å². The highest BCUT2D eigenvalue weighted by atomic mass is 127. The van der Waals surface area contributed by atoms with E-state index in [1.54, 1.807) is 7.11 Å². The molecule has 0 bridgehead atoms. The molecule has 1 aromatic heterocycles. The number of aromatic nitrogens is 2. The molecule has 102 valence electrons. The molecule has 0 radical (unpaired) electrons. The lowest BCUT2D eigenvalue weighted by Gasteiger charge is -2.02. The third-order valence-corrected chi connectivity index (χ3v) is 3.48. The van der Waals surface area contributed by atoms with Gasteiger partial charge in [0.1, 0.15) is 0 Å². The summed E-state index contributed by atoms with van der Waals surface area (Å²) in [7, 11) is 1.71. The number of benzene rings is 1. The molecule has 0 fully saturated rings. The maximum Gasteiger partial charge on any atom is 0.0659 e. The lowest BCUT2D eigenvalue weighted by Crippen LogP contribution is -2.18. The second-order valence-electron chi connectivity index (χ2n) is 4.34. The largest absolute Gasteiger partial charge is 0.383 e. The minimum Gasteiger partial charge on any atom is -0.383 e. The highest BCUT2D eigenvalue weighted by Crippen LogP contribution is 2.08. The summed E-state index contributed by atoms with van der Waals surface area (Å²) in [5.41, 5.74) is 2.46. The van der Waals surface area contributed by atoms with E-state index in [2.05, 4.69) is 63.5 Å². The average molecular weight is 371 g/mol. The summed E-state index contributed by atoms with van der Waals surface area (Å²) >= 11 is 2.31. The summed E-state index contributed by atoms with van der Waals surface area (Å²) in [5, 5.41) is 7.68. The molecular formula is C14H18IN3O. The number of nitrogens with one attached hydrogen (secondary N) is 1. The molecule has 0 atom stereocenters. The van der Waals surface area contributed by atoms with E-state index in [1.165, 1.54) is 14.7 Å². The average Bonchev–Trinajstić information content (AvgIpc) is 2.85. The molecule has 1 heterocycles. The van der Waals surface area contributed by atoms with Crippen molar-refractivity contribution in [2.24, 2.45) is 0 Å². The van der Waals surface area contributed by atoms with Gasteiger partial charge in [-0.3, -0.25) is 4.68 Å². The molecule has 0 saturated heterocycles. The van der Waals surface area contributed by atoms with Crippen LogP contribution < -0.4 is 5.32 Å².